The Bertz CT molecular complexity index is 392. The van der Waals surface area contributed by atoms with Crippen molar-refractivity contribution in [2.24, 2.45) is 10.4 Å². The van der Waals surface area contributed by atoms with Gasteiger partial charge in [0, 0.05) is 39.2 Å². The SMILES string of the molecule is CCNC(=NCC(=O)N(C)C)NC1CC(OC)C1(CC)CC. The largest absolute Gasteiger partial charge is 0.381 e. The molecule has 0 aromatic rings. The van der Waals surface area contributed by atoms with E-state index in [1.807, 2.05) is 6.92 Å². The molecule has 2 N–H and O–H groups in total. The molecule has 1 aliphatic rings. The summed E-state index contributed by atoms with van der Waals surface area (Å²) in [5, 5.41) is 6.72. The highest BCUT2D eigenvalue weighted by molar-refractivity contribution is 5.85. The van der Waals surface area contributed by atoms with Gasteiger partial charge in [0.05, 0.1) is 6.10 Å². The zero-order chi connectivity index (χ0) is 16.8. The topological polar surface area (TPSA) is 66.0 Å². The molecule has 128 valence electrons. The van der Waals surface area contributed by atoms with Crippen molar-refractivity contribution in [3.63, 3.8) is 0 Å². The van der Waals surface area contributed by atoms with E-state index in [0.717, 1.165) is 25.8 Å². The van der Waals surface area contributed by atoms with Gasteiger partial charge in [-0.3, -0.25) is 4.79 Å². The van der Waals surface area contributed by atoms with Crippen LogP contribution in [0.5, 0.6) is 0 Å². The molecule has 1 rings (SSSR count). The second kappa shape index (κ2) is 8.36. The first-order valence-electron chi connectivity index (χ1n) is 8.22. The molecule has 0 aromatic carbocycles. The van der Waals surface area contributed by atoms with Crippen LogP contribution in [0.3, 0.4) is 0 Å². The molecule has 0 aromatic heterocycles. The van der Waals surface area contributed by atoms with Gasteiger partial charge in [0.25, 0.3) is 0 Å². The normalized spacial score (nSPS) is 23.6. The van der Waals surface area contributed by atoms with Gasteiger partial charge in [0.2, 0.25) is 5.91 Å². The van der Waals surface area contributed by atoms with Crippen molar-refractivity contribution in [2.45, 2.75) is 52.2 Å². The standard InChI is InChI=1S/C16H32N4O2/c1-7-16(8-2)12(10-13(16)22-6)19-15(17-9-3)18-11-14(21)20(4)5/h12-13H,7-11H2,1-6H3,(H2,17,18,19). The molecule has 1 fully saturated rings. The zero-order valence-electron chi connectivity index (χ0n) is 14.9. The summed E-state index contributed by atoms with van der Waals surface area (Å²) in [5.41, 5.74) is 0.149. The van der Waals surface area contributed by atoms with E-state index in [9.17, 15) is 4.79 Å². The molecule has 0 saturated heterocycles. The third-order valence-electron chi connectivity index (χ3n) is 4.91. The number of carbonyl (C=O) groups excluding carboxylic acids is 1. The molecule has 1 aliphatic carbocycles. The van der Waals surface area contributed by atoms with Gasteiger partial charge < -0.3 is 20.3 Å². The fraction of sp³-hybridized carbons (Fsp3) is 0.875. The molecule has 6 heteroatoms. The number of likely N-dealkylation sites (N-methyl/N-ethyl adjacent to an activating group) is 1. The first-order valence-corrected chi connectivity index (χ1v) is 8.22. The minimum atomic E-state index is -0.00201. The van der Waals surface area contributed by atoms with E-state index < -0.39 is 0 Å². The van der Waals surface area contributed by atoms with Crippen LogP contribution in [0.1, 0.15) is 40.0 Å². The highest BCUT2D eigenvalue weighted by atomic mass is 16.5. The lowest BCUT2D eigenvalue weighted by Crippen LogP contribution is -2.65. The van der Waals surface area contributed by atoms with Gasteiger partial charge in [-0.1, -0.05) is 13.8 Å². The van der Waals surface area contributed by atoms with Crippen LogP contribution < -0.4 is 10.6 Å². The van der Waals surface area contributed by atoms with Crippen LogP contribution in [-0.2, 0) is 9.53 Å². The Morgan fingerprint density at radius 2 is 1.95 bits per heavy atom. The molecule has 2 atom stereocenters. The monoisotopic (exact) mass is 312 g/mol. The number of nitrogens with one attached hydrogen (secondary N) is 2. The second-order valence-electron chi connectivity index (χ2n) is 6.08. The molecule has 1 saturated carbocycles. The van der Waals surface area contributed by atoms with E-state index in [4.69, 9.17) is 4.74 Å². The van der Waals surface area contributed by atoms with E-state index >= 15 is 0 Å². The van der Waals surface area contributed by atoms with Gasteiger partial charge in [-0.05, 0) is 26.2 Å². The first kappa shape index (κ1) is 18.7. The molecule has 0 spiro atoms. The minimum Gasteiger partial charge on any atom is -0.381 e. The number of carbonyl (C=O) groups is 1. The maximum atomic E-state index is 11.7. The molecule has 1 amide bonds. The van der Waals surface area contributed by atoms with E-state index in [1.54, 1.807) is 26.1 Å². The van der Waals surface area contributed by atoms with Gasteiger partial charge in [0.1, 0.15) is 6.54 Å². The fourth-order valence-electron chi connectivity index (χ4n) is 3.25. The number of amides is 1. The maximum absolute atomic E-state index is 11.7. The van der Waals surface area contributed by atoms with Gasteiger partial charge in [-0.15, -0.1) is 0 Å². The summed E-state index contributed by atoms with van der Waals surface area (Å²) in [6, 6.07) is 0.333. The van der Waals surface area contributed by atoms with Gasteiger partial charge >= 0.3 is 0 Å². The molecule has 0 aliphatic heterocycles. The quantitative estimate of drug-likeness (QED) is 0.548. The molecular weight excluding hydrogens is 280 g/mol. The molecule has 22 heavy (non-hydrogen) atoms. The van der Waals surface area contributed by atoms with Crippen molar-refractivity contribution < 1.29 is 9.53 Å². The summed E-state index contributed by atoms with van der Waals surface area (Å²) in [6.45, 7) is 7.38. The Hall–Kier alpha value is -1.30. The van der Waals surface area contributed by atoms with Crippen LogP contribution in [-0.4, -0.2) is 63.2 Å². The Morgan fingerprint density at radius 3 is 2.41 bits per heavy atom. The van der Waals surface area contributed by atoms with E-state index in [2.05, 4.69) is 29.5 Å². The average Bonchev–Trinajstić information content (AvgIpc) is 2.49. The van der Waals surface area contributed by atoms with Crippen LogP contribution in [0.15, 0.2) is 4.99 Å². The number of hydrogen-bond acceptors (Lipinski definition) is 3. The summed E-state index contributed by atoms with van der Waals surface area (Å²) >= 11 is 0. The van der Waals surface area contributed by atoms with Gasteiger partial charge in [-0.2, -0.15) is 0 Å². The van der Waals surface area contributed by atoms with Crippen LogP contribution in [0.2, 0.25) is 0 Å². The number of hydrogen-bond donors (Lipinski definition) is 2. The predicted octanol–water partition coefficient (Wildman–Crippen LogP) is 1.22. The van der Waals surface area contributed by atoms with Crippen LogP contribution in [0.4, 0.5) is 0 Å². The summed E-state index contributed by atoms with van der Waals surface area (Å²) < 4.78 is 5.62. The van der Waals surface area contributed by atoms with Crippen molar-refractivity contribution in [1.29, 1.82) is 0 Å². The Balaban J connectivity index is 2.74. The molecular formula is C16H32N4O2. The molecule has 2 unspecified atom stereocenters. The first-order chi connectivity index (χ1) is 10.4. The number of aliphatic imine (C=N–C) groups is 1. The molecule has 0 heterocycles. The lowest BCUT2D eigenvalue weighted by molar-refractivity contribution is -0.127. The number of ether oxygens (including phenoxy) is 1. The van der Waals surface area contributed by atoms with E-state index in [1.165, 1.54) is 0 Å². The zero-order valence-corrected chi connectivity index (χ0v) is 14.9. The Labute approximate surface area is 134 Å². The number of rotatable bonds is 7. The number of nitrogens with zero attached hydrogens (tertiary/aromatic N) is 2. The molecule has 0 bridgehead atoms. The van der Waals surface area contributed by atoms with Crippen molar-refractivity contribution in [2.75, 3.05) is 34.3 Å². The Morgan fingerprint density at radius 1 is 1.32 bits per heavy atom. The average molecular weight is 312 g/mol. The van der Waals surface area contributed by atoms with Crippen molar-refractivity contribution in [3.8, 4) is 0 Å². The van der Waals surface area contributed by atoms with Crippen LogP contribution >= 0.6 is 0 Å². The third-order valence-corrected chi connectivity index (χ3v) is 4.91. The smallest absolute Gasteiger partial charge is 0.243 e. The van der Waals surface area contributed by atoms with E-state index in [0.29, 0.717) is 18.1 Å². The summed E-state index contributed by atoms with van der Waals surface area (Å²) in [5.74, 6) is 0.710. The second-order valence-corrected chi connectivity index (χ2v) is 6.08. The lowest BCUT2D eigenvalue weighted by Gasteiger charge is -2.55. The van der Waals surface area contributed by atoms with E-state index in [-0.39, 0.29) is 17.9 Å². The van der Waals surface area contributed by atoms with Crippen molar-refractivity contribution in [1.82, 2.24) is 15.5 Å². The van der Waals surface area contributed by atoms with Crippen molar-refractivity contribution in [3.05, 3.63) is 0 Å². The molecule has 0 radical (unpaired) electrons. The summed E-state index contributed by atoms with van der Waals surface area (Å²) in [4.78, 5) is 17.7. The summed E-state index contributed by atoms with van der Waals surface area (Å²) in [7, 11) is 5.27. The third kappa shape index (κ3) is 3.91. The van der Waals surface area contributed by atoms with Crippen LogP contribution in [0, 0.1) is 5.41 Å². The highest BCUT2D eigenvalue weighted by Crippen LogP contribution is 2.48. The number of guanidine groups is 1. The van der Waals surface area contributed by atoms with Gasteiger partial charge in [0.15, 0.2) is 5.96 Å². The Kier molecular flexibility index (Phi) is 7.13. The van der Waals surface area contributed by atoms with Crippen molar-refractivity contribution >= 4 is 11.9 Å². The highest BCUT2D eigenvalue weighted by Gasteiger charge is 2.53. The summed E-state index contributed by atoms with van der Waals surface area (Å²) in [6.07, 6.45) is 3.40. The maximum Gasteiger partial charge on any atom is 0.243 e. The van der Waals surface area contributed by atoms with Crippen LogP contribution in [0.25, 0.3) is 0 Å². The lowest BCUT2D eigenvalue weighted by atomic mass is 9.58. The fourth-order valence-corrected chi connectivity index (χ4v) is 3.25. The molecule has 6 nitrogen and oxygen atoms in total. The van der Waals surface area contributed by atoms with Gasteiger partial charge in [-0.25, -0.2) is 4.99 Å². The minimum absolute atomic E-state index is 0.00201. The number of methoxy groups -OCH3 is 1. The predicted molar refractivity (Wildman–Crippen MR) is 90.0 cm³/mol.